The first kappa shape index (κ1) is 23.3. The van der Waals surface area contributed by atoms with Gasteiger partial charge in [0.1, 0.15) is 5.82 Å². The Balaban J connectivity index is 1.61. The van der Waals surface area contributed by atoms with Gasteiger partial charge in [0.05, 0.1) is 23.0 Å². The average molecular weight is 494 g/mol. The number of alkyl halides is 3. The second-order valence-electron chi connectivity index (χ2n) is 8.07. The molecule has 4 rings (SSSR count). The first-order valence-electron chi connectivity index (χ1n) is 10.1. The number of rotatable bonds is 5. The molecule has 8 nitrogen and oxygen atoms in total. The number of sulfonamides is 1. The number of aryl methyl sites for hydroxylation is 1. The third-order valence-corrected chi connectivity index (χ3v) is 7.82. The molecule has 1 N–H and O–H groups in total. The van der Waals surface area contributed by atoms with Gasteiger partial charge >= 0.3 is 6.18 Å². The number of ether oxygens (including phenoxy) is 1. The molecular weight excluding hydrogens is 471 g/mol. The largest absolute Gasteiger partial charge is 0.418 e. The molecule has 0 aliphatic carbocycles. The summed E-state index contributed by atoms with van der Waals surface area (Å²) in [5, 5.41) is 2.43. The van der Waals surface area contributed by atoms with E-state index in [1.165, 1.54) is 21.4 Å². The van der Waals surface area contributed by atoms with Crippen LogP contribution in [0, 0.1) is 5.92 Å². The van der Waals surface area contributed by atoms with Gasteiger partial charge in [-0.1, -0.05) is 11.6 Å². The molecule has 2 aromatic heterocycles. The fourth-order valence-electron chi connectivity index (χ4n) is 4.20. The predicted octanol–water partition coefficient (Wildman–Crippen LogP) is 3.16. The number of nitrogens with zero attached hydrogens (tertiary/aromatic N) is 4. The number of hydrogen-bond acceptors (Lipinski definition) is 6. The van der Waals surface area contributed by atoms with Gasteiger partial charge in [-0.2, -0.15) is 17.5 Å². The van der Waals surface area contributed by atoms with Crippen LogP contribution < -0.4 is 5.32 Å². The van der Waals surface area contributed by atoms with Crippen LogP contribution in [-0.4, -0.2) is 59.1 Å². The molecule has 0 bridgehead atoms. The first-order valence-corrected chi connectivity index (χ1v) is 12.0. The number of pyridine rings is 1. The Morgan fingerprint density at radius 2 is 2.03 bits per heavy atom. The molecule has 0 spiro atoms. The lowest BCUT2D eigenvalue weighted by Crippen LogP contribution is -2.39. The molecule has 2 aliphatic heterocycles. The van der Waals surface area contributed by atoms with E-state index in [4.69, 9.17) is 16.3 Å². The van der Waals surface area contributed by atoms with E-state index < -0.39 is 32.8 Å². The Bertz CT molecular complexity index is 1070. The van der Waals surface area contributed by atoms with Gasteiger partial charge in [0.25, 0.3) is 10.0 Å². The van der Waals surface area contributed by atoms with Gasteiger partial charge in [0, 0.05) is 51.1 Å². The van der Waals surface area contributed by atoms with E-state index >= 15 is 0 Å². The van der Waals surface area contributed by atoms with Crippen LogP contribution in [0.3, 0.4) is 0 Å². The molecule has 2 aliphatic rings. The van der Waals surface area contributed by atoms with Crippen molar-refractivity contribution in [1.82, 2.24) is 18.8 Å². The molecule has 32 heavy (non-hydrogen) atoms. The first-order chi connectivity index (χ1) is 15.1. The van der Waals surface area contributed by atoms with E-state index in [2.05, 4.69) is 15.3 Å². The van der Waals surface area contributed by atoms with Gasteiger partial charge in [0.2, 0.25) is 0 Å². The number of nitrogens with one attached hydrogen (secondary N) is 1. The highest BCUT2D eigenvalue weighted by atomic mass is 35.5. The van der Waals surface area contributed by atoms with Crippen LogP contribution in [0.4, 0.5) is 19.0 Å². The molecular formula is C19H23ClF3N5O3S. The summed E-state index contributed by atoms with van der Waals surface area (Å²) in [5.41, 5.74) is -1.00. The quantitative estimate of drug-likeness (QED) is 0.688. The van der Waals surface area contributed by atoms with Crippen molar-refractivity contribution < 1.29 is 26.3 Å². The van der Waals surface area contributed by atoms with Crippen molar-refractivity contribution in [1.29, 1.82) is 0 Å². The van der Waals surface area contributed by atoms with Crippen LogP contribution in [0.25, 0.3) is 0 Å². The van der Waals surface area contributed by atoms with Crippen LogP contribution in [0.1, 0.15) is 24.8 Å². The zero-order valence-corrected chi connectivity index (χ0v) is 18.8. The molecule has 2 saturated heterocycles. The summed E-state index contributed by atoms with van der Waals surface area (Å²) in [4.78, 5) is 7.93. The van der Waals surface area contributed by atoms with Crippen molar-refractivity contribution in [3.05, 3.63) is 35.4 Å². The zero-order chi connectivity index (χ0) is 23.1. The van der Waals surface area contributed by atoms with Gasteiger partial charge in [-0.3, -0.25) is 0 Å². The van der Waals surface area contributed by atoms with Gasteiger partial charge in [-0.15, -0.1) is 0 Å². The monoisotopic (exact) mass is 493 g/mol. The predicted molar refractivity (Wildman–Crippen MR) is 111 cm³/mol. The number of halogens is 4. The highest BCUT2D eigenvalue weighted by Gasteiger charge is 2.44. The summed E-state index contributed by atoms with van der Waals surface area (Å²) in [6.45, 7) is 0.786. The number of imidazole rings is 1. The summed E-state index contributed by atoms with van der Waals surface area (Å²) in [6, 6.07) is 0.350. The van der Waals surface area contributed by atoms with E-state index in [0.717, 1.165) is 31.5 Å². The normalized spacial score (nSPS) is 25.2. The van der Waals surface area contributed by atoms with Crippen molar-refractivity contribution in [3.63, 3.8) is 0 Å². The minimum absolute atomic E-state index is 0.0235. The third-order valence-electron chi connectivity index (χ3n) is 5.80. The molecule has 0 amide bonds. The van der Waals surface area contributed by atoms with Crippen molar-refractivity contribution in [3.8, 4) is 0 Å². The molecule has 0 saturated carbocycles. The van der Waals surface area contributed by atoms with Crippen molar-refractivity contribution in [2.24, 2.45) is 13.0 Å². The van der Waals surface area contributed by atoms with Crippen LogP contribution in [0.5, 0.6) is 0 Å². The summed E-state index contributed by atoms with van der Waals surface area (Å²) in [7, 11) is -2.20. The van der Waals surface area contributed by atoms with E-state index in [0.29, 0.717) is 6.61 Å². The molecule has 3 atom stereocenters. The molecule has 2 aromatic rings. The zero-order valence-electron chi connectivity index (χ0n) is 17.2. The molecule has 176 valence electrons. The van der Waals surface area contributed by atoms with Crippen LogP contribution in [-0.2, 0) is 28.0 Å². The van der Waals surface area contributed by atoms with Crippen molar-refractivity contribution in [2.75, 3.05) is 25.0 Å². The van der Waals surface area contributed by atoms with E-state index in [1.54, 1.807) is 7.05 Å². The molecule has 1 unspecified atom stereocenters. The van der Waals surface area contributed by atoms with Crippen molar-refractivity contribution >= 4 is 27.4 Å². The average Bonchev–Trinajstić information content (AvgIpc) is 3.36. The smallest absolute Gasteiger partial charge is 0.378 e. The van der Waals surface area contributed by atoms with Crippen LogP contribution in [0.15, 0.2) is 29.8 Å². The third kappa shape index (κ3) is 4.73. The van der Waals surface area contributed by atoms with E-state index in [-0.39, 0.29) is 36.0 Å². The summed E-state index contributed by atoms with van der Waals surface area (Å²) >= 11 is 5.67. The highest BCUT2D eigenvalue weighted by Crippen LogP contribution is 2.37. The maximum atomic E-state index is 13.3. The second-order valence-corrected chi connectivity index (χ2v) is 10.4. The van der Waals surface area contributed by atoms with Gasteiger partial charge in [0.15, 0.2) is 5.03 Å². The molecule has 2 fully saturated rings. The fraction of sp³-hybridized carbons (Fsp3) is 0.579. The molecule has 13 heteroatoms. The SMILES string of the molecule is Cn1cnc(S(=O)(=O)N2C[C@H](Nc3cc(C(F)(F)F)c(Cl)cn3)[C@@H](C3CCCCO3)C2)c1. The van der Waals surface area contributed by atoms with E-state index in [1.807, 2.05) is 0 Å². The highest BCUT2D eigenvalue weighted by molar-refractivity contribution is 7.89. The molecule has 0 aromatic carbocycles. The summed E-state index contributed by atoms with van der Waals surface area (Å²) in [5.74, 6) is -0.287. The molecule has 4 heterocycles. The Labute approximate surface area is 188 Å². The van der Waals surface area contributed by atoms with Crippen LogP contribution >= 0.6 is 11.6 Å². The second kappa shape index (κ2) is 8.81. The van der Waals surface area contributed by atoms with Crippen LogP contribution in [0.2, 0.25) is 5.02 Å². The van der Waals surface area contributed by atoms with E-state index in [9.17, 15) is 21.6 Å². The summed E-state index contributed by atoms with van der Waals surface area (Å²) in [6.07, 6.45) is 1.53. The van der Waals surface area contributed by atoms with Gasteiger partial charge in [-0.25, -0.2) is 18.4 Å². The number of aromatic nitrogens is 3. The number of anilines is 1. The lowest BCUT2D eigenvalue weighted by molar-refractivity contribution is -0.137. The van der Waals surface area contributed by atoms with Crippen molar-refractivity contribution in [2.45, 2.75) is 42.6 Å². The minimum atomic E-state index is -4.63. The molecule has 0 radical (unpaired) electrons. The Kier molecular flexibility index (Phi) is 6.40. The maximum Gasteiger partial charge on any atom is 0.418 e. The van der Waals surface area contributed by atoms with Gasteiger partial charge < -0.3 is 14.6 Å². The lowest BCUT2D eigenvalue weighted by Gasteiger charge is -2.31. The summed E-state index contributed by atoms with van der Waals surface area (Å²) < 4.78 is 74.7. The number of hydrogen-bond donors (Lipinski definition) is 1. The standard InChI is InChI=1S/C19H23ClF3N5O3S/c1-27-10-18(25-11-27)32(29,30)28-8-12(16-4-2-3-5-31-16)15(9-28)26-17-6-13(19(21,22)23)14(20)7-24-17/h6-7,10-12,15-16H,2-5,8-9H2,1H3,(H,24,26)/t12-,15-,16?/m0/s1. The fourth-order valence-corrected chi connectivity index (χ4v) is 5.88. The van der Waals surface area contributed by atoms with Gasteiger partial charge in [-0.05, 0) is 25.3 Å². The Morgan fingerprint density at radius 3 is 2.66 bits per heavy atom. The maximum absolute atomic E-state index is 13.3. The topological polar surface area (TPSA) is 89.4 Å². The Hall–Kier alpha value is -1.89. The Morgan fingerprint density at radius 1 is 1.25 bits per heavy atom. The minimum Gasteiger partial charge on any atom is -0.378 e. The lowest BCUT2D eigenvalue weighted by atomic mass is 9.91.